The second-order valence-electron chi connectivity index (χ2n) is 5.96. The van der Waals surface area contributed by atoms with E-state index in [1.807, 2.05) is 0 Å². The third-order valence-corrected chi connectivity index (χ3v) is 4.42. The zero-order valence-corrected chi connectivity index (χ0v) is 16.0. The van der Waals surface area contributed by atoms with Gasteiger partial charge in [-0.1, -0.05) is 33.3 Å². The van der Waals surface area contributed by atoms with Gasteiger partial charge in [-0.2, -0.15) is 13.2 Å². The van der Waals surface area contributed by atoms with Crippen molar-refractivity contribution >= 4 is 21.8 Å². The van der Waals surface area contributed by atoms with Crippen LogP contribution < -0.4 is 0 Å². The molecule has 0 saturated heterocycles. The number of nitrogens with zero attached hydrogens (tertiary/aromatic N) is 4. The van der Waals surface area contributed by atoms with Gasteiger partial charge < -0.3 is 4.90 Å². The van der Waals surface area contributed by atoms with Gasteiger partial charge in [0.2, 0.25) is 0 Å². The van der Waals surface area contributed by atoms with Crippen LogP contribution in [0.15, 0.2) is 53.1 Å². The van der Waals surface area contributed by atoms with Gasteiger partial charge in [0.1, 0.15) is 5.82 Å². The van der Waals surface area contributed by atoms with Crippen molar-refractivity contribution in [3.63, 3.8) is 0 Å². The summed E-state index contributed by atoms with van der Waals surface area (Å²) in [5.41, 5.74) is -1.03. The maximum atomic E-state index is 13.9. The SMILES string of the molecule is CN(Cc1cc(Br)ccc1F)C(=O)c1cn(-c2ccccc2C(F)(F)F)nn1. The van der Waals surface area contributed by atoms with E-state index in [1.165, 1.54) is 48.3 Å². The third kappa shape index (κ3) is 4.22. The van der Waals surface area contributed by atoms with Crippen molar-refractivity contribution in [3.05, 3.63) is 75.8 Å². The fraction of sp³-hybridized carbons (Fsp3) is 0.167. The second-order valence-corrected chi connectivity index (χ2v) is 6.88. The van der Waals surface area contributed by atoms with Crippen molar-refractivity contribution in [2.75, 3.05) is 7.05 Å². The summed E-state index contributed by atoms with van der Waals surface area (Å²) in [7, 11) is 1.44. The largest absolute Gasteiger partial charge is 0.418 e. The summed E-state index contributed by atoms with van der Waals surface area (Å²) < 4.78 is 54.9. The highest BCUT2D eigenvalue weighted by Crippen LogP contribution is 2.33. The number of hydrogen-bond donors (Lipinski definition) is 0. The van der Waals surface area contributed by atoms with Crippen LogP contribution in [0.2, 0.25) is 0 Å². The van der Waals surface area contributed by atoms with Crippen LogP contribution in [-0.4, -0.2) is 32.8 Å². The number of carbonyl (C=O) groups is 1. The van der Waals surface area contributed by atoms with Crippen LogP contribution in [0.5, 0.6) is 0 Å². The van der Waals surface area contributed by atoms with E-state index in [1.54, 1.807) is 0 Å². The molecule has 1 amide bonds. The van der Waals surface area contributed by atoms with E-state index in [0.29, 0.717) is 4.47 Å². The monoisotopic (exact) mass is 456 g/mol. The van der Waals surface area contributed by atoms with Gasteiger partial charge in [-0.15, -0.1) is 5.10 Å². The Hall–Kier alpha value is -2.75. The number of benzene rings is 2. The van der Waals surface area contributed by atoms with Gasteiger partial charge in [0, 0.05) is 23.6 Å². The number of alkyl halides is 3. The maximum absolute atomic E-state index is 13.9. The van der Waals surface area contributed by atoms with Crippen molar-refractivity contribution in [1.82, 2.24) is 19.9 Å². The number of aromatic nitrogens is 3. The minimum Gasteiger partial charge on any atom is -0.336 e. The smallest absolute Gasteiger partial charge is 0.336 e. The molecule has 28 heavy (non-hydrogen) atoms. The first kappa shape index (κ1) is 20.0. The molecule has 2 aromatic carbocycles. The molecule has 0 N–H and O–H groups in total. The van der Waals surface area contributed by atoms with Gasteiger partial charge in [0.05, 0.1) is 17.4 Å². The quantitative estimate of drug-likeness (QED) is 0.544. The van der Waals surface area contributed by atoms with E-state index >= 15 is 0 Å². The van der Waals surface area contributed by atoms with Gasteiger partial charge in [-0.3, -0.25) is 4.79 Å². The molecule has 0 aliphatic heterocycles. The molecule has 0 aliphatic rings. The lowest BCUT2D eigenvalue weighted by molar-refractivity contribution is -0.137. The Morgan fingerprint density at radius 2 is 1.93 bits per heavy atom. The van der Waals surface area contributed by atoms with Crippen LogP contribution in [0.1, 0.15) is 21.6 Å². The summed E-state index contributed by atoms with van der Waals surface area (Å²) in [6.45, 7) is -0.0455. The zero-order chi connectivity index (χ0) is 20.5. The Morgan fingerprint density at radius 1 is 1.21 bits per heavy atom. The Kier molecular flexibility index (Phi) is 5.50. The molecule has 0 aliphatic carbocycles. The van der Waals surface area contributed by atoms with E-state index in [2.05, 4.69) is 26.2 Å². The molecule has 0 radical (unpaired) electrons. The summed E-state index contributed by atoms with van der Waals surface area (Å²) >= 11 is 3.23. The summed E-state index contributed by atoms with van der Waals surface area (Å²) in [5, 5.41) is 7.31. The number of para-hydroxylation sites is 1. The normalized spacial score (nSPS) is 11.5. The van der Waals surface area contributed by atoms with Gasteiger partial charge in [-0.05, 0) is 30.3 Å². The second kappa shape index (κ2) is 7.70. The van der Waals surface area contributed by atoms with Crippen LogP contribution in [0.4, 0.5) is 17.6 Å². The predicted octanol–water partition coefficient (Wildman–Crippen LogP) is 4.46. The zero-order valence-electron chi connectivity index (χ0n) is 14.4. The van der Waals surface area contributed by atoms with Gasteiger partial charge in [-0.25, -0.2) is 9.07 Å². The predicted molar refractivity (Wildman–Crippen MR) is 96.3 cm³/mol. The Morgan fingerprint density at radius 3 is 2.64 bits per heavy atom. The van der Waals surface area contributed by atoms with Crippen LogP contribution >= 0.6 is 15.9 Å². The van der Waals surface area contributed by atoms with Gasteiger partial charge in [0.15, 0.2) is 5.69 Å². The highest BCUT2D eigenvalue weighted by Gasteiger charge is 2.34. The van der Waals surface area contributed by atoms with Crippen molar-refractivity contribution in [2.24, 2.45) is 0 Å². The lowest BCUT2D eigenvalue weighted by Gasteiger charge is -2.16. The molecule has 0 fully saturated rings. The van der Waals surface area contributed by atoms with E-state index in [0.717, 1.165) is 16.9 Å². The fourth-order valence-corrected chi connectivity index (χ4v) is 2.99. The molecule has 3 aromatic rings. The first-order valence-electron chi connectivity index (χ1n) is 7.95. The summed E-state index contributed by atoms with van der Waals surface area (Å²) in [6.07, 6.45) is -3.47. The molecule has 5 nitrogen and oxygen atoms in total. The molecular formula is C18H13BrF4N4O. The van der Waals surface area contributed by atoms with Crippen molar-refractivity contribution in [2.45, 2.75) is 12.7 Å². The molecular weight excluding hydrogens is 444 g/mol. The standard InChI is InChI=1S/C18H13BrF4N4O/c1-26(9-11-8-12(19)6-7-14(11)20)17(28)15-10-27(25-24-15)16-5-3-2-4-13(16)18(21,22)23/h2-8,10H,9H2,1H3. The highest BCUT2D eigenvalue weighted by atomic mass is 79.9. The average molecular weight is 457 g/mol. The van der Waals surface area contributed by atoms with E-state index < -0.39 is 23.5 Å². The van der Waals surface area contributed by atoms with Crippen LogP contribution in [0.25, 0.3) is 5.69 Å². The third-order valence-electron chi connectivity index (χ3n) is 3.93. The minimum absolute atomic E-state index is 0.0455. The highest BCUT2D eigenvalue weighted by molar-refractivity contribution is 9.10. The molecule has 10 heteroatoms. The van der Waals surface area contributed by atoms with E-state index in [9.17, 15) is 22.4 Å². The maximum Gasteiger partial charge on any atom is 0.418 e. The number of hydrogen-bond acceptors (Lipinski definition) is 3. The molecule has 146 valence electrons. The number of rotatable bonds is 4. The van der Waals surface area contributed by atoms with Crippen molar-refractivity contribution in [3.8, 4) is 5.69 Å². The Balaban J connectivity index is 1.84. The van der Waals surface area contributed by atoms with Crippen LogP contribution in [0, 0.1) is 5.82 Å². The summed E-state index contributed by atoms with van der Waals surface area (Å²) in [4.78, 5) is 13.7. The summed E-state index contributed by atoms with van der Waals surface area (Å²) in [5.74, 6) is -1.08. The molecule has 0 atom stereocenters. The first-order chi connectivity index (χ1) is 13.2. The molecule has 1 heterocycles. The fourth-order valence-electron chi connectivity index (χ4n) is 2.58. The van der Waals surface area contributed by atoms with Crippen molar-refractivity contribution < 1.29 is 22.4 Å². The lowest BCUT2D eigenvalue weighted by Crippen LogP contribution is -2.27. The molecule has 0 bridgehead atoms. The van der Waals surface area contributed by atoms with Gasteiger partial charge in [0.25, 0.3) is 5.91 Å². The van der Waals surface area contributed by atoms with Gasteiger partial charge >= 0.3 is 6.18 Å². The minimum atomic E-state index is -4.58. The average Bonchev–Trinajstić information content (AvgIpc) is 3.13. The van der Waals surface area contributed by atoms with Crippen LogP contribution in [0.3, 0.4) is 0 Å². The summed E-state index contributed by atoms with van der Waals surface area (Å²) in [6, 6.07) is 9.17. The Bertz CT molecular complexity index is 1020. The Labute approximate surface area is 165 Å². The van der Waals surface area contributed by atoms with Crippen LogP contribution in [-0.2, 0) is 12.7 Å². The molecule has 0 unspecified atom stereocenters. The molecule has 1 aromatic heterocycles. The lowest BCUT2D eigenvalue weighted by atomic mass is 10.1. The number of carbonyl (C=O) groups excluding carboxylic acids is 1. The molecule has 0 saturated carbocycles. The first-order valence-corrected chi connectivity index (χ1v) is 8.74. The number of amides is 1. The van der Waals surface area contributed by atoms with E-state index in [4.69, 9.17) is 0 Å². The van der Waals surface area contributed by atoms with E-state index in [-0.39, 0.29) is 23.5 Å². The number of halogens is 5. The molecule has 0 spiro atoms. The topological polar surface area (TPSA) is 51.0 Å². The van der Waals surface area contributed by atoms with Crippen molar-refractivity contribution in [1.29, 1.82) is 0 Å². The molecule has 3 rings (SSSR count).